The molecule has 88 valence electrons. The molecule has 1 heterocycles. The van der Waals surface area contributed by atoms with Crippen molar-refractivity contribution < 1.29 is 0 Å². The van der Waals surface area contributed by atoms with E-state index in [0.717, 1.165) is 28.7 Å². The van der Waals surface area contributed by atoms with Crippen LogP contribution in [0.5, 0.6) is 0 Å². The molecule has 0 aliphatic heterocycles. The Morgan fingerprint density at radius 3 is 2.88 bits per heavy atom. The Morgan fingerprint density at radius 1 is 1.24 bits per heavy atom. The summed E-state index contributed by atoms with van der Waals surface area (Å²) in [4.78, 5) is 4.70. The summed E-state index contributed by atoms with van der Waals surface area (Å²) in [5, 5.41) is 1.14. The summed E-state index contributed by atoms with van der Waals surface area (Å²) < 4.78 is 0. The lowest BCUT2D eigenvalue weighted by atomic mass is 9.89. The number of aromatic nitrogens is 1. The Morgan fingerprint density at radius 2 is 2.06 bits per heavy atom. The molecule has 1 aromatic carbocycles. The van der Waals surface area contributed by atoms with Gasteiger partial charge in [-0.1, -0.05) is 12.1 Å². The molecule has 1 aromatic heterocycles. The Kier molecular flexibility index (Phi) is 2.48. The maximum atomic E-state index is 5.58. The van der Waals surface area contributed by atoms with Gasteiger partial charge in [0, 0.05) is 11.1 Å². The van der Waals surface area contributed by atoms with E-state index in [2.05, 4.69) is 17.6 Å². The number of hydrazine groups is 1. The van der Waals surface area contributed by atoms with Crippen molar-refractivity contribution in [3.63, 3.8) is 0 Å². The van der Waals surface area contributed by atoms with E-state index in [1.807, 2.05) is 13.0 Å². The number of benzene rings is 1. The first-order valence-corrected chi connectivity index (χ1v) is 6.18. The molecule has 3 N–H and O–H groups in total. The second kappa shape index (κ2) is 4.00. The van der Waals surface area contributed by atoms with Crippen molar-refractivity contribution in [3.05, 3.63) is 35.0 Å². The van der Waals surface area contributed by atoms with Gasteiger partial charge in [-0.05, 0) is 49.8 Å². The SMILES string of the molecule is Cc1cc(NN)c2ccc3c(c2n1)CCCC3. The molecular formula is C14H17N3. The Bertz CT molecular complexity index is 575. The van der Waals surface area contributed by atoms with Crippen molar-refractivity contribution in [2.75, 3.05) is 5.43 Å². The Labute approximate surface area is 101 Å². The van der Waals surface area contributed by atoms with Crippen molar-refractivity contribution in [1.82, 2.24) is 4.98 Å². The molecule has 0 radical (unpaired) electrons. The molecule has 0 saturated carbocycles. The molecule has 0 spiro atoms. The minimum Gasteiger partial charge on any atom is -0.323 e. The van der Waals surface area contributed by atoms with Crippen molar-refractivity contribution in [3.8, 4) is 0 Å². The van der Waals surface area contributed by atoms with Gasteiger partial charge in [0.25, 0.3) is 0 Å². The largest absolute Gasteiger partial charge is 0.323 e. The number of nitrogens with zero attached hydrogens (tertiary/aromatic N) is 1. The van der Waals surface area contributed by atoms with Crippen LogP contribution in [-0.2, 0) is 12.8 Å². The first kappa shape index (κ1) is 10.5. The van der Waals surface area contributed by atoms with E-state index >= 15 is 0 Å². The lowest BCUT2D eigenvalue weighted by molar-refractivity contribution is 0.689. The summed E-state index contributed by atoms with van der Waals surface area (Å²) in [7, 11) is 0. The van der Waals surface area contributed by atoms with E-state index < -0.39 is 0 Å². The average molecular weight is 227 g/mol. The van der Waals surface area contributed by atoms with Crippen LogP contribution in [0.25, 0.3) is 10.9 Å². The van der Waals surface area contributed by atoms with Gasteiger partial charge in [-0.3, -0.25) is 10.8 Å². The number of fused-ring (bicyclic) bond motifs is 3. The van der Waals surface area contributed by atoms with E-state index in [0.29, 0.717) is 0 Å². The zero-order valence-electron chi connectivity index (χ0n) is 10.1. The summed E-state index contributed by atoms with van der Waals surface area (Å²) in [6, 6.07) is 6.37. The van der Waals surface area contributed by atoms with Gasteiger partial charge >= 0.3 is 0 Å². The van der Waals surface area contributed by atoms with Crippen molar-refractivity contribution in [2.45, 2.75) is 32.6 Å². The molecule has 0 saturated heterocycles. The van der Waals surface area contributed by atoms with Crippen LogP contribution in [0.1, 0.15) is 29.7 Å². The fraction of sp³-hybridized carbons (Fsp3) is 0.357. The molecule has 0 fully saturated rings. The first-order chi connectivity index (χ1) is 8.29. The van der Waals surface area contributed by atoms with E-state index in [1.165, 1.54) is 30.4 Å². The molecule has 1 aliphatic carbocycles. The number of rotatable bonds is 1. The minimum atomic E-state index is 0.973. The number of pyridine rings is 1. The third kappa shape index (κ3) is 1.67. The summed E-state index contributed by atoms with van der Waals surface area (Å²) in [5.41, 5.74) is 8.79. The molecule has 17 heavy (non-hydrogen) atoms. The quantitative estimate of drug-likeness (QED) is 0.581. The molecule has 1 aliphatic rings. The summed E-state index contributed by atoms with van der Waals surface area (Å²) in [6.07, 6.45) is 4.90. The predicted octanol–water partition coefficient (Wildman–Crippen LogP) is 2.71. The number of anilines is 1. The fourth-order valence-electron chi connectivity index (χ4n) is 2.77. The van der Waals surface area contributed by atoms with Crippen LogP contribution in [0, 0.1) is 6.92 Å². The summed E-state index contributed by atoms with van der Waals surface area (Å²) >= 11 is 0. The van der Waals surface area contributed by atoms with Gasteiger partial charge in [-0.25, -0.2) is 0 Å². The third-order valence-electron chi connectivity index (χ3n) is 3.59. The highest BCUT2D eigenvalue weighted by molar-refractivity contribution is 5.94. The topological polar surface area (TPSA) is 50.9 Å². The molecule has 0 bridgehead atoms. The second-order valence-corrected chi connectivity index (χ2v) is 4.76. The Balaban J connectivity index is 2.35. The summed E-state index contributed by atoms with van der Waals surface area (Å²) in [5.74, 6) is 5.58. The van der Waals surface area contributed by atoms with Gasteiger partial charge in [-0.15, -0.1) is 0 Å². The second-order valence-electron chi connectivity index (χ2n) is 4.76. The molecule has 2 aromatic rings. The van der Waals surface area contributed by atoms with Gasteiger partial charge in [0.1, 0.15) is 0 Å². The van der Waals surface area contributed by atoms with E-state index in [4.69, 9.17) is 10.8 Å². The highest BCUT2D eigenvalue weighted by Crippen LogP contribution is 2.31. The standard InChI is InChI=1S/C14H17N3/c1-9-8-13(17-15)12-7-6-10-4-2-3-5-11(10)14(12)16-9/h6-8H,2-5,15H2,1H3,(H,16,17). The van der Waals surface area contributed by atoms with Gasteiger partial charge in [0.15, 0.2) is 0 Å². The molecule has 0 amide bonds. The minimum absolute atomic E-state index is 0.973. The monoisotopic (exact) mass is 227 g/mol. The number of hydrogen-bond donors (Lipinski definition) is 2. The van der Waals surface area contributed by atoms with Crippen molar-refractivity contribution in [1.29, 1.82) is 0 Å². The third-order valence-corrected chi connectivity index (χ3v) is 3.59. The lowest BCUT2D eigenvalue weighted by Gasteiger charge is -2.18. The number of nitrogens with one attached hydrogen (secondary N) is 1. The maximum Gasteiger partial charge on any atom is 0.0761 e. The van der Waals surface area contributed by atoms with Crippen LogP contribution in [0.2, 0.25) is 0 Å². The zero-order valence-corrected chi connectivity index (χ0v) is 10.1. The van der Waals surface area contributed by atoms with E-state index in [9.17, 15) is 0 Å². The molecule has 0 atom stereocenters. The smallest absolute Gasteiger partial charge is 0.0761 e. The highest BCUT2D eigenvalue weighted by Gasteiger charge is 2.15. The van der Waals surface area contributed by atoms with Crippen LogP contribution < -0.4 is 11.3 Å². The van der Waals surface area contributed by atoms with Crippen LogP contribution in [0.15, 0.2) is 18.2 Å². The Hall–Kier alpha value is -1.61. The molecular weight excluding hydrogens is 210 g/mol. The van der Waals surface area contributed by atoms with Gasteiger partial charge in [0.2, 0.25) is 0 Å². The molecule has 0 unspecified atom stereocenters. The van der Waals surface area contributed by atoms with Crippen molar-refractivity contribution >= 4 is 16.6 Å². The van der Waals surface area contributed by atoms with E-state index in [-0.39, 0.29) is 0 Å². The first-order valence-electron chi connectivity index (χ1n) is 6.18. The lowest BCUT2D eigenvalue weighted by Crippen LogP contribution is -2.10. The van der Waals surface area contributed by atoms with Crippen LogP contribution >= 0.6 is 0 Å². The van der Waals surface area contributed by atoms with Crippen molar-refractivity contribution in [2.24, 2.45) is 5.84 Å². The van der Waals surface area contributed by atoms with Crippen LogP contribution in [-0.4, -0.2) is 4.98 Å². The summed E-state index contributed by atoms with van der Waals surface area (Å²) in [6.45, 7) is 2.02. The number of nitrogen functional groups attached to an aromatic ring is 1. The number of nitrogens with two attached hydrogens (primary N) is 1. The highest BCUT2D eigenvalue weighted by atomic mass is 15.2. The maximum absolute atomic E-state index is 5.58. The normalized spacial score (nSPS) is 14.7. The van der Waals surface area contributed by atoms with Crippen LogP contribution in [0.3, 0.4) is 0 Å². The molecule has 3 rings (SSSR count). The van der Waals surface area contributed by atoms with Crippen LogP contribution in [0.4, 0.5) is 5.69 Å². The van der Waals surface area contributed by atoms with Gasteiger partial charge in [-0.2, -0.15) is 0 Å². The predicted molar refractivity (Wildman–Crippen MR) is 70.9 cm³/mol. The zero-order chi connectivity index (χ0) is 11.8. The van der Waals surface area contributed by atoms with E-state index in [1.54, 1.807) is 0 Å². The molecule has 3 heteroatoms. The van der Waals surface area contributed by atoms with Gasteiger partial charge in [0.05, 0.1) is 11.2 Å². The number of hydrogen-bond acceptors (Lipinski definition) is 3. The fourth-order valence-corrected chi connectivity index (χ4v) is 2.77. The number of aryl methyl sites for hydroxylation is 3. The molecule has 3 nitrogen and oxygen atoms in total. The van der Waals surface area contributed by atoms with Gasteiger partial charge < -0.3 is 5.43 Å². The average Bonchev–Trinajstić information content (AvgIpc) is 2.37.